The van der Waals surface area contributed by atoms with Gasteiger partial charge in [0, 0.05) is 11.7 Å². The summed E-state index contributed by atoms with van der Waals surface area (Å²) in [5.41, 5.74) is 0.773. The van der Waals surface area contributed by atoms with Gasteiger partial charge >= 0.3 is 5.76 Å². The lowest BCUT2D eigenvalue weighted by atomic mass is 9.79. The molecule has 21 heavy (non-hydrogen) atoms. The van der Waals surface area contributed by atoms with Crippen molar-refractivity contribution in [3.63, 3.8) is 0 Å². The molecule has 1 aromatic carbocycles. The molecule has 1 saturated carbocycles. The highest BCUT2D eigenvalue weighted by atomic mass is 32.2. The number of hydrogen-bond acceptors (Lipinski definition) is 3. The molecule has 1 aliphatic carbocycles. The van der Waals surface area contributed by atoms with Gasteiger partial charge in [0.2, 0.25) is 9.84 Å². The van der Waals surface area contributed by atoms with Crippen LogP contribution in [0.15, 0.2) is 29.2 Å². The lowest BCUT2D eigenvalue weighted by molar-refractivity contribution is 0.234. The van der Waals surface area contributed by atoms with Crippen LogP contribution in [0.2, 0.25) is 0 Å². The molecule has 1 fully saturated rings. The molecule has 0 aromatic heterocycles. The molecule has 2 rings (SSSR count). The van der Waals surface area contributed by atoms with E-state index in [0.29, 0.717) is 12.0 Å². The van der Waals surface area contributed by atoms with Gasteiger partial charge in [-0.1, -0.05) is 13.8 Å². The van der Waals surface area contributed by atoms with Gasteiger partial charge in [-0.25, -0.2) is 8.42 Å². The standard InChI is InChI=1S/C15H21F2NO2S/c1-10-3-4-13(9-11(10)2)18-12-5-7-14(8-6-12)21(19,20)15(16)17/h5-8,10-11,13,15,18H,3-4,9H2,1-2H3. The SMILES string of the molecule is CC1CCC(Nc2ccc(S(=O)(=O)C(F)F)cc2)CC1C. The van der Waals surface area contributed by atoms with Gasteiger partial charge < -0.3 is 5.32 Å². The minimum Gasteiger partial charge on any atom is -0.382 e. The lowest BCUT2D eigenvalue weighted by Crippen LogP contribution is -2.30. The van der Waals surface area contributed by atoms with E-state index in [9.17, 15) is 17.2 Å². The predicted octanol–water partition coefficient (Wildman–Crippen LogP) is 3.92. The molecule has 3 nitrogen and oxygen atoms in total. The van der Waals surface area contributed by atoms with Crippen LogP contribution in [0.5, 0.6) is 0 Å². The van der Waals surface area contributed by atoms with Crippen molar-refractivity contribution in [1.82, 2.24) is 0 Å². The summed E-state index contributed by atoms with van der Waals surface area (Å²) in [5.74, 6) is -2.01. The van der Waals surface area contributed by atoms with Crippen molar-refractivity contribution in [3.05, 3.63) is 24.3 Å². The summed E-state index contributed by atoms with van der Waals surface area (Å²) in [7, 11) is -4.50. The average molecular weight is 317 g/mol. The van der Waals surface area contributed by atoms with Crippen LogP contribution < -0.4 is 5.32 Å². The normalized spacial score (nSPS) is 26.8. The predicted molar refractivity (Wildman–Crippen MR) is 79.2 cm³/mol. The molecule has 1 aliphatic rings. The van der Waals surface area contributed by atoms with E-state index in [2.05, 4.69) is 19.2 Å². The van der Waals surface area contributed by atoms with Crippen LogP contribution in [0.3, 0.4) is 0 Å². The van der Waals surface area contributed by atoms with Crippen LogP contribution in [0.25, 0.3) is 0 Å². The van der Waals surface area contributed by atoms with E-state index < -0.39 is 15.6 Å². The minimum atomic E-state index is -4.50. The van der Waals surface area contributed by atoms with E-state index in [1.807, 2.05) is 0 Å². The number of sulfone groups is 1. The van der Waals surface area contributed by atoms with Gasteiger partial charge in [-0.05, 0) is 55.4 Å². The highest BCUT2D eigenvalue weighted by Crippen LogP contribution is 2.31. The Morgan fingerprint density at radius 1 is 1.10 bits per heavy atom. The number of hydrogen-bond donors (Lipinski definition) is 1. The van der Waals surface area contributed by atoms with Gasteiger partial charge in [-0.15, -0.1) is 0 Å². The molecule has 0 heterocycles. The lowest BCUT2D eigenvalue weighted by Gasteiger charge is -2.33. The summed E-state index contributed by atoms with van der Waals surface area (Å²) in [6.07, 6.45) is 3.30. The molecule has 3 unspecified atom stereocenters. The maximum absolute atomic E-state index is 12.4. The second kappa shape index (κ2) is 6.30. The Balaban J connectivity index is 2.03. The van der Waals surface area contributed by atoms with Gasteiger partial charge in [0.05, 0.1) is 4.90 Å². The summed E-state index contributed by atoms with van der Waals surface area (Å²) in [6.45, 7) is 4.49. The summed E-state index contributed by atoms with van der Waals surface area (Å²) in [6, 6.07) is 5.93. The summed E-state index contributed by atoms with van der Waals surface area (Å²) >= 11 is 0. The molecule has 0 spiro atoms. The smallest absolute Gasteiger partial charge is 0.341 e. The zero-order chi connectivity index (χ0) is 15.6. The number of halogens is 2. The van der Waals surface area contributed by atoms with E-state index >= 15 is 0 Å². The van der Waals surface area contributed by atoms with Crippen LogP contribution in [-0.4, -0.2) is 20.2 Å². The highest BCUT2D eigenvalue weighted by molar-refractivity contribution is 7.91. The Morgan fingerprint density at radius 2 is 1.71 bits per heavy atom. The topological polar surface area (TPSA) is 46.2 Å². The number of benzene rings is 1. The van der Waals surface area contributed by atoms with Gasteiger partial charge in [0.25, 0.3) is 0 Å². The Bertz CT molecular complexity index is 572. The Kier molecular flexibility index (Phi) is 4.86. The molecular formula is C15H21F2NO2S. The second-order valence-electron chi connectivity index (χ2n) is 5.94. The third-order valence-corrected chi connectivity index (χ3v) is 5.78. The molecule has 0 bridgehead atoms. The molecule has 118 valence electrons. The Labute approximate surface area is 124 Å². The Hall–Kier alpha value is -1.17. The first kappa shape index (κ1) is 16.2. The molecule has 6 heteroatoms. The highest BCUT2D eigenvalue weighted by Gasteiger charge is 2.27. The Morgan fingerprint density at radius 3 is 2.24 bits per heavy atom. The molecule has 3 atom stereocenters. The summed E-state index contributed by atoms with van der Waals surface area (Å²) in [5, 5.41) is 3.36. The van der Waals surface area contributed by atoms with E-state index in [4.69, 9.17) is 0 Å². The minimum absolute atomic E-state index is 0.339. The number of rotatable bonds is 4. The molecule has 0 saturated heterocycles. The first-order valence-corrected chi connectivity index (χ1v) is 8.74. The monoisotopic (exact) mass is 317 g/mol. The van der Waals surface area contributed by atoms with Crippen molar-refractivity contribution in [2.75, 3.05) is 5.32 Å². The van der Waals surface area contributed by atoms with Crippen molar-refractivity contribution in [1.29, 1.82) is 0 Å². The van der Waals surface area contributed by atoms with E-state index in [1.54, 1.807) is 12.1 Å². The third kappa shape index (κ3) is 3.73. The average Bonchev–Trinajstić information content (AvgIpc) is 2.43. The first-order valence-electron chi connectivity index (χ1n) is 7.19. The maximum atomic E-state index is 12.4. The van der Waals surface area contributed by atoms with E-state index in [1.165, 1.54) is 12.1 Å². The number of nitrogens with one attached hydrogen (secondary N) is 1. The second-order valence-corrected chi connectivity index (χ2v) is 7.86. The van der Waals surface area contributed by atoms with Crippen molar-refractivity contribution in [2.45, 2.75) is 49.8 Å². The molecular weight excluding hydrogens is 296 g/mol. The van der Waals surface area contributed by atoms with Crippen molar-refractivity contribution >= 4 is 15.5 Å². The van der Waals surface area contributed by atoms with Crippen LogP contribution in [-0.2, 0) is 9.84 Å². The molecule has 1 N–H and O–H groups in total. The maximum Gasteiger partial charge on any atom is 0.341 e. The molecule has 0 radical (unpaired) electrons. The van der Waals surface area contributed by atoms with Crippen LogP contribution in [0, 0.1) is 11.8 Å². The molecule has 0 amide bonds. The van der Waals surface area contributed by atoms with Crippen LogP contribution in [0.1, 0.15) is 33.1 Å². The van der Waals surface area contributed by atoms with Crippen molar-refractivity contribution in [3.8, 4) is 0 Å². The third-order valence-electron chi connectivity index (χ3n) is 4.39. The van der Waals surface area contributed by atoms with Gasteiger partial charge in [-0.2, -0.15) is 8.78 Å². The van der Waals surface area contributed by atoms with Gasteiger partial charge in [0.1, 0.15) is 0 Å². The fourth-order valence-electron chi connectivity index (χ4n) is 2.76. The molecule has 0 aliphatic heterocycles. The van der Waals surface area contributed by atoms with Gasteiger partial charge in [0.15, 0.2) is 0 Å². The fraction of sp³-hybridized carbons (Fsp3) is 0.600. The molecule has 1 aromatic rings. The zero-order valence-corrected chi connectivity index (χ0v) is 13.0. The van der Waals surface area contributed by atoms with Crippen LogP contribution in [0.4, 0.5) is 14.5 Å². The van der Waals surface area contributed by atoms with E-state index in [0.717, 1.165) is 30.9 Å². The van der Waals surface area contributed by atoms with E-state index in [-0.39, 0.29) is 4.90 Å². The van der Waals surface area contributed by atoms with Crippen molar-refractivity contribution < 1.29 is 17.2 Å². The largest absolute Gasteiger partial charge is 0.382 e. The number of alkyl halides is 2. The summed E-state index contributed by atoms with van der Waals surface area (Å²) in [4.78, 5) is -0.339. The first-order chi connectivity index (χ1) is 9.80. The summed E-state index contributed by atoms with van der Waals surface area (Å²) < 4.78 is 47.6. The fourth-order valence-corrected chi connectivity index (χ4v) is 3.48. The number of anilines is 1. The quantitative estimate of drug-likeness (QED) is 0.915. The van der Waals surface area contributed by atoms with Crippen LogP contribution >= 0.6 is 0 Å². The zero-order valence-electron chi connectivity index (χ0n) is 12.2. The van der Waals surface area contributed by atoms with Crippen molar-refractivity contribution in [2.24, 2.45) is 11.8 Å². The van der Waals surface area contributed by atoms with Gasteiger partial charge in [-0.3, -0.25) is 0 Å².